The molecule has 1 aliphatic rings. The summed E-state index contributed by atoms with van der Waals surface area (Å²) in [5, 5.41) is 8.91. The van der Waals surface area contributed by atoms with E-state index in [9.17, 15) is 13.6 Å². The van der Waals surface area contributed by atoms with Crippen molar-refractivity contribution in [3.05, 3.63) is 101 Å². The predicted octanol–water partition coefficient (Wildman–Crippen LogP) is 5.74. The van der Waals surface area contributed by atoms with E-state index < -0.39 is 29.7 Å². The summed E-state index contributed by atoms with van der Waals surface area (Å²) in [5.74, 6) is -1.16. The van der Waals surface area contributed by atoms with Crippen molar-refractivity contribution in [1.82, 2.24) is 24.5 Å². The van der Waals surface area contributed by atoms with Crippen molar-refractivity contribution in [1.29, 1.82) is 5.26 Å². The van der Waals surface area contributed by atoms with Crippen molar-refractivity contribution in [3.63, 3.8) is 0 Å². The highest BCUT2D eigenvalue weighted by Crippen LogP contribution is 2.48. The summed E-state index contributed by atoms with van der Waals surface area (Å²) in [4.78, 5) is 29.6. The molecular weight excluding hydrogens is 573 g/mol. The van der Waals surface area contributed by atoms with Crippen LogP contribution in [0.2, 0.25) is 0 Å². The van der Waals surface area contributed by atoms with E-state index in [1.54, 1.807) is 18.2 Å². The quantitative estimate of drug-likeness (QED) is 0.187. The topological polar surface area (TPSA) is 116 Å². The molecule has 1 fully saturated rings. The first-order valence-electron chi connectivity index (χ1n) is 13.7. The van der Waals surface area contributed by atoms with Crippen LogP contribution in [0.5, 0.6) is 6.01 Å². The molecule has 44 heavy (non-hydrogen) atoms. The number of halogens is 3. The van der Waals surface area contributed by atoms with E-state index in [1.165, 1.54) is 43.6 Å². The van der Waals surface area contributed by atoms with Gasteiger partial charge in [-0.15, -0.1) is 0 Å². The maximum atomic E-state index is 15.4. The van der Waals surface area contributed by atoms with Crippen molar-refractivity contribution >= 4 is 17.1 Å². The first kappa shape index (κ1) is 28.8. The normalized spacial score (nSPS) is 13.4. The molecule has 9 nitrogen and oxygen atoms in total. The molecule has 0 aliphatic heterocycles. The Morgan fingerprint density at radius 1 is 1.05 bits per heavy atom. The average molecular weight is 599 g/mol. The number of pyridine rings is 1. The van der Waals surface area contributed by atoms with Gasteiger partial charge in [-0.2, -0.15) is 10.2 Å². The molecule has 0 saturated heterocycles. The van der Waals surface area contributed by atoms with Crippen molar-refractivity contribution in [3.8, 4) is 23.3 Å². The number of fused-ring (bicyclic) bond motifs is 1. The molecule has 3 aromatic heterocycles. The number of nitrogens with zero attached hydrogens (tertiary/aromatic N) is 6. The van der Waals surface area contributed by atoms with Crippen molar-refractivity contribution in [2.24, 2.45) is 5.41 Å². The van der Waals surface area contributed by atoms with E-state index in [2.05, 4.69) is 19.9 Å². The lowest BCUT2D eigenvalue weighted by Crippen LogP contribution is -2.17. The van der Waals surface area contributed by atoms with E-state index in [0.717, 1.165) is 18.9 Å². The summed E-state index contributed by atoms with van der Waals surface area (Å²) in [7, 11) is 1.27. The molecule has 6 rings (SSSR count). The zero-order valence-electron chi connectivity index (χ0n) is 23.6. The Bertz CT molecular complexity index is 1930. The van der Waals surface area contributed by atoms with E-state index in [0.29, 0.717) is 29.1 Å². The average Bonchev–Trinajstić information content (AvgIpc) is 3.75. The first-order valence-corrected chi connectivity index (χ1v) is 13.7. The molecule has 0 unspecified atom stereocenters. The number of methoxy groups -OCH3 is 1. The fourth-order valence-corrected chi connectivity index (χ4v) is 4.91. The standard InChI is InChI=1S/C32H25F3N6O3/c1-43-30(42)27-7-6-26-29(39-27)41(18-32(17-33)9-10-32)28(38-26)14-19-3-5-22(24(35)12-19)25-8-11-37-31(40-25)44-16-21-4-2-20(15-36)13-23(21)34/h2-8,11-13H,9-10,14,16-18H2,1H3. The molecular formula is C32H25F3N6O3. The number of hydrogen-bond donors (Lipinski definition) is 0. The number of rotatable bonds is 10. The minimum Gasteiger partial charge on any atom is -0.464 e. The summed E-state index contributed by atoms with van der Waals surface area (Å²) >= 11 is 0. The summed E-state index contributed by atoms with van der Waals surface area (Å²) in [6.07, 6.45) is 3.11. The zero-order valence-corrected chi connectivity index (χ0v) is 23.6. The second-order valence-corrected chi connectivity index (χ2v) is 10.7. The Balaban J connectivity index is 1.24. The van der Waals surface area contributed by atoms with Crippen LogP contribution in [0.3, 0.4) is 0 Å². The van der Waals surface area contributed by atoms with Gasteiger partial charge in [0.2, 0.25) is 0 Å². The van der Waals surface area contributed by atoms with E-state index >= 15 is 4.39 Å². The van der Waals surface area contributed by atoms with Gasteiger partial charge in [-0.25, -0.2) is 28.5 Å². The highest BCUT2D eigenvalue weighted by Gasteiger charge is 2.44. The fraction of sp³-hybridized carbons (Fsp3) is 0.250. The van der Waals surface area contributed by atoms with Gasteiger partial charge < -0.3 is 14.0 Å². The monoisotopic (exact) mass is 598 g/mol. The number of esters is 1. The lowest BCUT2D eigenvalue weighted by molar-refractivity contribution is 0.0594. The van der Waals surface area contributed by atoms with Gasteiger partial charge in [0.05, 0.1) is 31.1 Å². The number of alkyl halides is 1. The Kier molecular flexibility index (Phi) is 7.69. The third-order valence-corrected chi connectivity index (χ3v) is 7.64. The van der Waals surface area contributed by atoms with Crippen LogP contribution >= 0.6 is 0 Å². The fourth-order valence-electron chi connectivity index (χ4n) is 4.91. The molecule has 0 bridgehead atoms. The van der Waals surface area contributed by atoms with Crippen molar-refractivity contribution in [2.45, 2.75) is 32.4 Å². The van der Waals surface area contributed by atoms with Crippen LogP contribution in [0.4, 0.5) is 13.2 Å². The van der Waals surface area contributed by atoms with E-state index in [4.69, 9.17) is 14.7 Å². The highest BCUT2D eigenvalue weighted by molar-refractivity contribution is 5.89. The molecule has 0 N–H and O–H groups in total. The molecule has 1 aliphatic carbocycles. The molecule has 5 aromatic rings. The van der Waals surface area contributed by atoms with Gasteiger partial charge >= 0.3 is 12.0 Å². The summed E-state index contributed by atoms with van der Waals surface area (Å²) in [6.45, 7) is -0.328. The Morgan fingerprint density at radius 2 is 1.89 bits per heavy atom. The van der Waals surface area contributed by atoms with Gasteiger partial charge in [-0.3, -0.25) is 4.39 Å². The van der Waals surface area contributed by atoms with Crippen LogP contribution in [0, 0.1) is 28.4 Å². The molecule has 0 spiro atoms. The smallest absolute Gasteiger partial charge is 0.356 e. The lowest BCUT2D eigenvalue weighted by Gasteiger charge is -2.15. The number of ether oxygens (including phenoxy) is 2. The van der Waals surface area contributed by atoms with Gasteiger partial charge in [-0.1, -0.05) is 12.1 Å². The minimum absolute atomic E-state index is 0.0656. The Hall–Kier alpha value is -5.31. The maximum Gasteiger partial charge on any atom is 0.356 e. The summed E-state index contributed by atoms with van der Waals surface area (Å²) in [5.41, 5.74) is 2.09. The first-order chi connectivity index (χ1) is 21.3. The Labute approximate surface area is 250 Å². The van der Waals surface area contributed by atoms with Gasteiger partial charge in [0.15, 0.2) is 11.3 Å². The van der Waals surface area contributed by atoms with Crippen LogP contribution in [-0.2, 0) is 24.3 Å². The maximum absolute atomic E-state index is 15.4. The number of benzene rings is 2. The van der Waals surface area contributed by atoms with E-state index in [-0.39, 0.29) is 47.1 Å². The zero-order chi connectivity index (χ0) is 30.8. The largest absolute Gasteiger partial charge is 0.464 e. The van der Waals surface area contributed by atoms with Crippen molar-refractivity contribution in [2.75, 3.05) is 13.8 Å². The lowest BCUT2D eigenvalue weighted by atomic mass is 10.1. The third kappa shape index (κ3) is 5.81. The molecule has 222 valence electrons. The van der Waals surface area contributed by atoms with Gasteiger partial charge in [0, 0.05) is 35.7 Å². The molecule has 2 aromatic carbocycles. The van der Waals surface area contributed by atoms with Crippen LogP contribution in [0.1, 0.15) is 45.8 Å². The third-order valence-electron chi connectivity index (χ3n) is 7.64. The molecule has 0 amide bonds. The van der Waals surface area contributed by atoms with Crippen molar-refractivity contribution < 1.29 is 27.4 Å². The molecule has 0 radical (unpaired) electrons. The SMILES string of the molecule is COC(=O)c1ccc2nc(Cc3ccc(-c4ccnc(OCc5ccc(C#N)cc5F)n4)c(F)c3)n(CC3(CF)CC3)c2n1. The number of imidazole rings is 1. The predicted molar refractivity (Wildman–Crippen MR) is 152 cm³/mol. The van der Waals surface area contributed by atoms with E-state index in [1.807, 2.05) is 10.6 Å². The summed E-state index contributed by atoms with van der Waals surface area (Å²) in [6, 6.07) is 15.3. The summed E-state index contributed by atoms with van der Waals surface area (Å²) < 4.78 is 55.7. The van der Waals surface area contributed by atoms with Gasteiger partial charge in [-0.05, 0) is 60.9 Å². The number of carbonyl (C=O) groups is 1. The second kappa shape index (κ2) is 11.8. The molecule has 0 atom stereocenters. The van der Waals surface area contributed by atoms with Gasteiger partial charge in [0.25, 0.3) is 0 Å². The Morgan fingerprint density at radius 3 is 2.59 bits per heavy atom. The molecule has 1 saturated carbocycles. The highest BCUT2D eigenvalue weighted by atomic mass is 19.1. The number of hydrogen-bond acceptors (Lipinski definition) is 8. The second-order valence-electron chi connectivity index (χ2n) is 10.7. The molecule has 12 heteroatoms. The van der Waals surface area contributed by atoms with Crippen LogP contribution in [0.15, 0.2) is 60.8 Å². The number of carbonyl (C=O) groups excluding carboxylic acids is 1. The number of nitriles is 1. The van der Waals surface area contributed by atoms with Crippen LogP contribution < -0.4 is 4.74 Å². The van der Waals surface area contributed by atoms with Crippen LogP contribution in [-0.4, -0.2) is 44.3 Å². The van der Waals surface area contributed by atoms with Crippen LogP contribution in [0.25, 0.3) is 22.4 Å². The minimum atomic E-state index is -0.592. The van der Waals surface area contributed by atoms with Gasteiger partial charge in [0.1, 0.15) is 29.6 Å². The molecule has 3 heterocycles. The number of aromatic nitrogens is 5.